The Morgan fingerprint density at radius 3 is 2.96 bits per heavy atom. The fraction of sp³-hybridized carbons (Fsp3) is 0.375. The van der Waals surface area contributed by atoms with Gasteiger partial charge in [-0.3, -0.25) is 9.89 Å². The summed E-state index contributed by atoms with van der Waals surface area (Å²) in [5, 5.41) is 10.0. The molecule has 3 rings (SSSR count). The van der Waals surface area contributed by atoms with Crippen LogP contribution in [0.5, 0.6) is 11.5 Å². The number of H-pyrrole nitrogens is 1. The first-order valence-electron chi connectivity index (χ1n) is 7.41. The minimum absolute atomic E-state index is 0.00674. The number of hydrogen-bond acceptors (Lipinski definition) is 5. The fourth-order valence-corrected chi connectivity index (χ4v) is 3.83. The van der Waals surface area contributed by atoms with Gasteiger partial charge in [-0.2, -0.15) is 5.10 Å². The molecular weight excluding hydrogens is 314 g/mol. The molecule has 0 fully saturated rings. The average Bonchev–Trinajstić information content (AvgIpc) is 2.80. The molecule has 0 radical (unpaired) electrons. The fourth-order valence-electron chi connectivity index (χ4n) is 2.65. The molecule has 0 saturated carbocycles. The van der Waals surface area contributed by atoms with E-state index in [1.807, 2.05) is 32.0 Å². The Balaban J connectivity index is 2.04. The highest BCUT2D eigenvalue weighted by atomic mass is 32.2. The van der Waals surface area contributed by atoms with Gasteiger partial charge in [0.1, 0.15) is 0 Å². The number of ether oxygens (including phenoxy) is 2. The van der Waals surface area contributed by atoms with Crippen LogP contribution in [0.15, 0.2) is 18.2 Å². The lowest BCUT2D eigenvalue weighted by Crippen LogP contribution is -2.12. The molecule has 1 aromatic carbocycles. The molecule has 1 aliphatic rings. The van der Waals surface area contributed by atoms with Crippen LogP contribution in [0.2, 0.25) is 0 Å². The van der Waals surface area contributed by atoms with Crippen molar-refractivity contribution in [2.75, 3.05) is 24.8 Å². The highest BCUT2D eigenvalue weighted by molar-refractivity contribution is 8.00. The number of carbonyl (C=O) groups excluding carboxylic acids is 1. The predicted octanol–water partition coefficient (Wildman–Crippen LogP) is 2.90. The third kappa shape index (κ3) is 3.01. The van der Waals surface area contributed by atoms with Crippen molar-refractivity contribution in [2.24, 2.45) is 0 Å². The number of benzene rings is 1. The average molecular weight is 333 g/mol. The molecule has 7 heteroatoms. The highest BCUT2D eigenvalue weighted by Crippen LogP contribution is 2.44. The molecule has 6 nitrogen and oxygen atoms in total. The second-order valence-electron chi connectivity index (χ2n) is 5.19. The van der Waals surface area contributed by atoms with Crippen LogP contribution >= 0.6 is 11.8 Å². The van der Waals surface area contributed by atoms with Crippen LogP contribution in [0.3, 0.4) is 0 Å². The van der Waals surface area contributed by atoms with Gasteiger partial charge in [-0.15, -0.1) is 11.8 Å². The lowest BCUT2D eigenvalue weighted by Gasteiger charge is -2.17. The maximum atomic E-state index is 11.9. The molecule has 2 heterocycles. The number of aromatic nitrogens is 2. The minimum atomic E-state index is -0.0387. The number of nitrogens with one attached hydrogen (secondary N) is 2. The Morgan fingerprint density at radius 1 is 1.39 bits per heavy atom. The van der Waals surface area contributed by atoms with Crippen LogP contribution in [0.4, 0.5) is 5.82 Å². The van der Waals surface area contributed by atoms with E-state index in [0.717, 1.165) is 22.6 Å². The second kappa shape index (κ2) is 6.54. The standard InChI is InChI=1S/C16H19N3O3S/c1-4-22-11-6-5-10(7-12(11)21-3)15-14-9(2)18-19-16(14)17-13(20)8-23-15/h5-7,15H,4,8H2,1-3H3,(H2,17,18,19,20). The van der Waals surface area contributed by atoms with Crippen molar-refractivity contribution in [3.8, 4) is 11.5 Å². The Bertz CT molecular complexity index is 729. The number of fused-ring (bicyclic) bond motifs is 1. The molecule has 0 spiro atoms. The van der Waals surface area contributed by atoms with E-state index < -0.39 is 0 Å². The van der Waals surface area contributed by atoms with Crippen molar-refractivity contribution < 1.29 is 14.3 Å². The van der Waals surface area contributed by atoms with Crippen molar-refractivity contribution in [3.63, 3.8) is 0 Å². The molecular formula is C16H19N3O3S. The Labute approximate surface area is 138 Å². The summed E-state index contributed by atoms with van der Waals surface area (Å²) < 4.78 is 11.0. The van der Waals surface area contributed by atoms with E-state index in [9.17, 15) is 4.79 Å². The summed E-state index contributed by atoms with van der Waals surface area (Å²) in [6.07, 6.45) is 0. The monoisotopic (exact) mass is 333 g/mol. The summed E-state index contributed by atoms with van der Waals surface area (Å²) in [5.41, 5.74) is 3.01. The van der Waals surface area contributed by atoms with E-state index in [1.54, 1.807) is 18.9 Å². The predicted molar refractivity (Wildman–Crippen MR) is 90.4 cm³/mol. The molecule has 122 valence electrons. The summed E-state index contributed by atoms with van der Waals surface area (Å²) >= 11 is 1.58. The third-order valence-corrected chi connectivity index (χ3v) is 4.96. The molecule has 0 aliphatic carbocycles. The summed E-state index contributed by atoms with van der Waals surface area (Å²) in [5.74, 6) is 2.36. The molecule has 0 saturated heterocycles. The normalized spacial score (nSPS) is 17.2. The van der Waals surface area contributed by atoms with Gasteiger partial charge in [0.25, 0.3) is 0 Å². The number of methoxy groups -OCH3 is 1. The lowest BCUT2D eigenvalue weighted by atomic mass is 10.0. The first kappa shape index (κ1) is 15.7. The zero-order chi connectivity index (χ0) is 16.4. The molecule has 1 unspecified atom stereocenters. The van der Waals surface area contributed by atoms with Crippen molar-refractivity contribution in [1.29, 1.82) is 0 Å². The number of carbonyl (C=O) groups is 1. The Morgan fingerprint density at radius 2 is 2.22 bits per heavy atom. The zero-order valence-electron chi connectivity index (χ0n) is 13.3. The molecule has 1 aromatic heterocycles. The van der Waals surface area contributed by atoms with Crippen LogP contribution in [-0.4, -0.2) is 35.6 Å². The first-order chi connectivity index (χ1) is 11.1. The summed E-state index contributed by atoms with van der Waals surface area (Å²) in [6, 6.07) is 5.89. The summed E-state index contributed by atoms with van der Waals surface area (Å²) in [4.78, 5) is 11.9. The second-order valence-corrected chi connectivity index (χ2v) is 6.29. The van der Waals surface area contributed by atoms with Gasteiger partial charge in [0.15, 0.2) is 17.3 Å². The van der Waals surface area contributed by atoms with Gasteiger partial charge in [0.05, 0.1) is 24.7 Å². The van der Waals surface area contributed by atoms with Crippen LogP contribution in [-0.2, 0) is 4.79 Å². The number of aromatic amines is 1. The minimum Gasteiger partial charge on any atom is -0.493 e. The van der Waals surface area contributed by atoms with E-state index in [0.29, 0.717) is 23.9 Å². The maximum absolute atomic E-state index is 11.9. The van der Waals surface area contributed by atoms with Gasteiger partial charge in [0, 0.05) is 11.3 Å². The van der Waals surface area contributed by atoms with Gasteiger partial charge >= 0.3 is 0 Å². The molecule has 2 N–H and O–H groups in total. The van der Waals surface area contributed by atoms with E-state index in [1.165, 1.54) is 0 Å². The molecule has 2 aromatic rings. The summed E-state index contributed by atoms with van der Waals surface area (Å²) in [7, 11) is 1.63. The SMILES string of the molecule is CCOc1ccc(C2SCC(=O)Nc3n[nH]c(C)c32)cc1OC. The zero-order valence-corrected chi connectivity index (χ0v) is 14.1. The number of nitrogens with zero attached hydrogens (tertiary/aromatic N) is 1. The summed E-state index contributed by atoms with van der Waals surface area (Å²) in [6.45, 7) is 4.48. The number of rotatable bonds is 4. The van der Waals surface area contributed by atoms with E-state index >= 15 is 0 Å². The van der Waals surface area contributed by atoms with Crippen molar-refractivity contribution in [2.45, 2.75) is 19.1 Å². The van der Waals surface area contributed by atoms with Crippen molar-refractivity contribution >= 4 is 23.5 Å². The molecule has 1 amide bonds. The highest BCUT2D eigenvalue weighted by Gasteiger charge is 2.28. The molecule has 1 aliphatic heterocycles. The van der Waals surface area contributed by atoms with E-state index in [-0.39, 0.29) is 11.2 Å². The quantitative estimate of drug-likeness (QED) is 0.900. The molecule has 23 heavy (non-hydrogen) atoms. The van der Waals surface area contributed by atoms with Gasteiger partial charge in [-0.1, -0.05) is 6.07 Å². The number of aryl methyl sites for hydroxylation is 1. The van der Waals surface area contributed by atoms with E-state index in [4.69, 9.17) is 9.47 Å². The topological polar surface area (TPSA) is 76.2 Å². The maximum Gasteiger partial charge on any atom is 0.235 e. The van der Waals surface area contributed by atoms with Crippen LogP contribution in [0.1, 0.15) is 29.0 Å². The van der Waals surface area contributed by atoms with Crippen molar-refractivity contribution in [1.82, 2.24) is 10.2 Å². The number of amides is 1. The van der Waals surface area contributed by atoms with Crippen LogP contribution in [0, 0.1) is 6.92 Å². The number of anilines is 1. The number of thioether (sulfide) groups is 1. The van der Waals surface area contributed by atoms with Gasteiger partial charge in [0.2, 0.25) is 5.91 Å². The smallest absolute Gasteiger partial charge is 0.235 e. The van der Waals surface area contributed by atoms with Crippen LogP contribution < -0.4 is 14.8 Å². The first-order valence-corrected chi connectivity index (χ1v) is 8.46. The number of hydrogen-bond donors (Lipinski definition) is 2. The molecule has 0 bridgehead atoms. The Hall–Kier alpha value is -2.15. The third-order valence-electron chi connectivity index (χ3n) is 3.69. The molecule has 1 atom stereocenters. The van der Waals surface area contributed by atoms with Gasteiger partial charge in [-0.25, -0.2) is 0 Å². The van der Waals surface area contributed by atoms with Crippen LogP contribution in [0.25, 0.3) is 0 Å². The lowest BCUT2D eigenvalue weighted by molar-refractivity contribution is -0.113. The van der Waals surface area contributed by atoms with Crippen molar-refractivity contribution in [3.05, 3.63) is 35.0 Å². The van der Waals surface area contributed by atoms with E-state index in [2.05, 4.69) is 15.5 Å². The van der Waals surface area contributed by atoms with Gasteiger partial charge in [-0.05, 0) is 31.5 Å². The Kier molecular flexibility index (Phi) is 4.47. The van der Waals surface area contributed by atoms with Gasteiger partial charge < -0.3 is 14.8 Å². The largest absolute Gasteiger partial charge is 0.493 e.